The fraction of sp³-hybridized carbons (Fsp3) is 0.231. The molecule has 106 valence electrons. The molecule has 0 aliphatic carbocycles. The first kappa shape index (κ1) is 15.4. The third kappa shape index (κ3) is 3.95. The minimum absolute atomic E-state index is 0.0864. The molecule has 0 unspecified atom stereocenters. The van der Waals surface area contributed by atoms with Crippen LogP contribution in [0, 0.1) is 11.3 Å². The van der Waals surface area contributed by atoms with Gasteiger partial charge in [-0.25, -0.2) is 0 Å². The molecule has 20 heavy (non-hydrogen) atoms. The highest BCUT2D eigenvalue weighted by Gasteiger charge is 2.16. The highest BCUT2D eigenvalue weighted by atomic mass is 19.3. The van der Waals surface area contributed by atoms with E-state index in [0.717, 1.165) is 6.08 Å². The van der Waals surface area contributed by atoms with Crippen LogP contribution >= 0.6 is 0 Å². The summed E-state index contributed by atoms with van der Waals surface area (Å²) in [5, 5.41) is 8.76. The van der Waals surface area contributed by atoms with E-state index in [1.807, 2.05) is 0 Å². The summed E-state index contributed by atoms with van der Waals surface area (Å²) in [6, 6.07) is 5.95. The van der Waals surface area contributed by atoms with Crippen molar-refractivity contribution in [3.05, 3.63) is 29.3 Å². The number of nitriles is 1. The lowest BCUT2D eigenvalue weighted by molar-refractivity contribution is -0.114. The van der Waals surface area contributed by atoms with E-state index in [0.29, 0.717) is 0 Å². The number of halogens is 2. The van der Waals surface area contributed by atoms with Gasteiger partial charge in [-0.05, 0) is 19.1 Å². The van der Waals surface area contributed by atoms with Gasteiger partial charge in [-0.15, -0.1) is 0 Å². The second-order valence-electron chi connectivity index (χ2n) is 3.52. The van der Waals surface area contributed by atoms with E-state index < -0.39 is 12.5 Å². The predicted octanol–water partition coefficient (Wildman–Crippen LogP) is 2.08. The van der Waals surface area contributed by atoms with Crippen molar-refractivity contribution in [3.8, 4) is 17.6 Å². The minimum atomic E-state index is -3.07. The number of benzene rings is 1. The van der Waals surface area contributed by atoms with Gasteiger partial charge in [0.1, 0.15) is 11.6 Å². The average Bonchev–Trinajstić information content (AvgIpc) is 2.38. The van der Waals surface area contributed by atoms with Crippen LogP contribution in [-0.2, 0) is 4.79 Å². The molecule has 5 nitrogen and oxygen atoms in total. The van der Waals surface area contributed by atoms with Crippen LogP contribution in [-0.4, -0.2) is 19.1 Å². The van der Waals surface area contributed by atoms with Crippen molar-refractivity contribution < 1.29 is 23.0 Å². The number of alkyl halides is 2. The molecule has 0 aliphatic rings. The second-order valence-corrected chi connectivity index (χ2v) is 3.52. The second kappa shape index (κ2) is 7.09. The Balaban J connectivity index is 3.34. The maximum atomic E-state index is 12.4. The fourth-order valence-electron chi connectivity index (χ4n) is 1.44. The Bertz CT molecular complexity index is 565. The standard InChI is InChI=1S/C13H12F2N2O3/c1-2-19-10-5-3-4-8(11(10)20-13(14)15)6-9(7-16)12(17)18/h3-6,13H,2H2,1H3,(H2,17,18)/b9-6+. The van der Waals surface area contributed by atoms with Crippen LogP contribution in [0.2, 0.25) is 0 Å². The molecule has 0 saturated heterocycles. The summed E-state index contributed by atoms with van der Waals surface area (Å²) in [5.41, 5.74) is 4.72. The third-order valence-corrected chi connectivity index (χ3v) is 2.20. The van der Waals surface area contributed by atoms with E-state index in [4.69, 9.17) is 15.7 Å². The van der Waals surface area contributed by atoms with Gasteiger partial charge in [0.2, 0.25) is 0 Å². The fourth-order valence-corrected chi connectivity index (χ4v) is 1.44. The van der Waals surface area contributed by atoms with Crippen LogP contribution in [0.3, 0.4) is 0 Å². The van der Waals surface area contributed by atoms with Crippen molar-refractivity contribution in [2.45, 2.75) is 13.5 Å². The Labute approximate surface area is 114 Å². The molecule has 0 atom stereocenters. The van der Waals surface area contributed by atoms with Gasteiger partial charge in [0.05, 0.1) is 6.61 Å². The number of hydrogen-bond donors (Lipinski definition) is 1. The van der Waals surface area contributed by atoms with E-state index in [2.05, 4.69) is 4.74 Å². The normalized spacial score (nSPS) is 11.1. The number of para-hydroxylation sites is 1. The van der Waals surface area contributed by atoms with Crippen molar-refractivity contribution >= 4 is 12.0 Å². The highest BCUT2D eigenvalue weighted by molar-refractivity contribution is 6.01. The van der Waals surface area contributed by atoms with E-state index >= 15 is 0 Å². The Hall–Kier alpha value is -2.62. The zero-order valence-corrected chi connectivity index (χ0v) is 10.6. The van der Waals surface area contributed by atoms with Gasteiger partial charge in [-0.2, -0.15) is 14.0 Å². The zero-order chi connectivity index (χ0) is 15.1. The molecule has 1 amide bonds. The molecule has 0 heterocycles. The number of nitrogens with two attached hydrogens (primary N) is 1. The molecule has 0 aromatic heterocycles. The van der Waals surface area contributed by atoms with Gasteiger partial charge in [0.15, 0.2) is 11.5 Å². The first-order chi connectivity index (χ1) is 9.49. The molecule has 0 bridgehead atoms. The maximum absolute atomic E-state index is 12.4. The lowest BCUT2D eigenvalue weighted by Gasteiger charge is -2.13. The van der Waals surface area contributed by atoms with Crippen molar-refractivity contribution in [1.29, 1.82) is 5.26 Å². The molecule has 0 saturated carbocycles. The molecule has 1 rings (SSSR count). The largest absolute Gasteiger partial charge is 0.490 e. The number of carbonyl (C=O) groups is 1. The van der Waals surface area contributed by atoms with Crippen molar-refractivity contribution in [2.75, 3.05) is 6.61 Å². The van der Waals surface area contributed by atoms with Gasteiger partial charge in [-0.1, -0.05) is 12.1 Å². The molecule has 1 aromatic rings. The summed E-state index contributed by atoms with van der Waals surface area (Å²) in [5.74, 6) is -1.13. The number of ether oxygens (including phenoxy) is 2. The van der Waals surface area contributed by atoms with Crippen LogP contribution < -0.4 is 15.2 Å². The molecule has 0 fully saturated rings. The molecule has 7 heteroatoms. The molecule has 0 radical (unpaired) electrons. The monoisotopic (exact) mass is 282 g/mol. The van der Waals surface area contributed by atoms with Crippen LogP contribution in [0.25, 0.3) is 6.08 Å². The third-order valence-electron chi connectivity index (χ3n) is 2.20. The zero-order valence-electron chi connectivity index (χ0n) is 10.6. The minimum Gasteiger partial charge on any atom is -0.490 e. The maximum Gasteiger partial charge on any atom is 0.387 e. The summed E-state index contributed by atoms with van der Waals surface area (Å²) in [6.45, 7) is -1.14. The predicted molar refractivity (Wildman–Crippen MR) is 67.0 cm³/mol. The Morgan fingerprint density at radius 1 is 1.55 bits per heavy atom. The average molecular weight is 282 g/mol. The summed E-state index contributed by atoms with van der Waals surface area (Å²) in [6.07, 6.45) is 1.07. The summed E-state index contributed by atoms with van der Waals surface area (Å²) < 4.78 is 34.4. The highest BCUT2D eigenvalue weighted by Crippen LogP contribution is 2.34. The number of primary amides is 1. The van der Waals surface area contributed by atoms with Crippen LogP contribution in [0.4, 0.5) is 8.78 Å². The molecule has 1 aromatic carbocycles. The van der Waals surface area contributed by atoms with Gasteiger partial charge >= 0.3 is 6.61 Å². The molecule has 0 spiro atoms. The summed E-state index contributed by atoms with van der Waals surface area (Å²) in [4.78, 5) is 11.0. The van der Waals surface area contributed by atoms with Gasteiger partial charge in [-0.3, -0.25) is 4.79 Å². The molecular formula is C13H12F2N2O3. The Morgan fingerprint density at radius 3 is 2.75 bits per heavy atom. The van der Waals surface area contributed by atoms with E-state index in [9.17, 15) is 13.6 Å². The van der Waals surface area contributed by atoms with Crippen molar-refractivity contribution in [1.82, 2.24) is 0 Å². The number of hydrogen-bond acceptors (Lipinski definition) is 4. The number of carbonyl (C=O) groups excluding carboxylic acids is 1. The first-order valence-corrected chi connectivity index (χ1v) is 5.61. The van der Waals surface area contributed by atoms with Gasteiger partial charge in [0, 0.05) is 5.56 Å². The van der Waals surface area contributed by atoms with Crippen LogP contribution in [0.1, 0.15) is 12.5 Å². The number of nitrogens with zero attached hydrogens (tertiary/aromatic N) is 1. The molecule has 2 N–H and O–H groups in total. The van der Waals surface area contributed by atoms with Crippen molar-refractivity contribution in [3.63, 3.8) is 0 Å². The summed E-state index contributed by atoms with van der Waals surface area (Å²) in [7, 11) is 0. The topological polar surface area (TPSA) is 85.3 Å². The lowest BCUT2D eigenvalue weighted by atomic mass is 10.1. The van der Waals surface area contributed by atoms with Gasteiger partial charge < -0.3 is 15.2 Å². The number of rotatable bonds is 6. The SMILES string of the molecule is CCOc1cccc(/C=C(\C#N)C(N)=O)c1OC(F)F. The Kier molecular flexibility index (Phi) is 5.47. The molecule has 0 aliphatic heterocycles. The quantitative estimate of drug-likeness (QED) is 0.639. The van der Waals surface area contributed by atoms with Gasteiger partial charge in [0.25, 0.3) is 5.91 Å². The van der Waals surface area contributed by atoms with Crippen LogP contribution in [0.15, 0.2) is 23.8 Å². The van der Waals surface area contributed by atoms with E-state index in [-0.39, 0.29) is 29.2 Å². The van der Waals surface area contributed by atoms with E-state index in [1.54, 1.807) is 13.0 Å². The Morgan fingerprint density at radius 2 is 2.25 bits per heavy atom. The first-order valence-electron chi connectivity index (χ1n) is 5.61. The summed E-state index contributed by atoms with van der Waals surface area (Å²) >= 11 is 0. The number of amides is 1. The smallest absolute Gasteiger partial charge is 0.387 e. The lowest BCUT2D eigenvalue weighted by Crippen LogP contribution is -2.12. The van der Waals surface area contributed by atoms with Crippen LogP contribution in [0.5, 0.6) is 11.5 Å². The van der Waals surface area contributed by atoms with E-state index in [1.165, 1.54) is 18.2 Å². The molecular weight excluding hydrogens is 270 g/mol. The van der Waals surface area contributed by atoms with Crippen molar-refractivity contribution in [2.24, 2.45) is 5.73 Å².